The molecule has 1 N–H and O–H groups in total. The molecule has 138 valence electrons. The molecule has 1 aliphatic heterocycles. The molecular formula is C22H27NO3. The third-order valence-corrected chi connectivity index (χ3v) is 4.81. The van der Waals surface area contributed by atoms with Crippen LogP contribution in [-0.2, 0) is 4.79 Å². The highest BCUT2D eigenvalue weighted by Gasteiger charge is 2.34. The van der Waals surface area contributed by atoms with Crippen LogP contribution in [0.15, 0.2) is 36.4 Å². The van der Waals surface area contributed by atoms with Gasteiger partial charge >= 0.3 is 0 Å². The van der Waals surface area contributed by atoms with Crippen LogP contribution in [0, 0.1) is 20.8 Å². The molecule has 1 heterocycles. The minimum absolute atomic E-state index is 0.00142. The Hall–Kier alpha value is -2.49. The lowest BCUT2D eigenvalue weighted by Gasteiger charge is -2.38. The van der Waals surface area contributed by atoms with Crippen molar-refractivity contribution < 1.29 is 14.3 Å². The molecule has 1 atom stereocenters. The highest BCUT2D eigenvalue weighted by Crippen LogP contribution is 2.39. The topological polar surface area (TPSA) is 47.6 Å². The molecular weight excluding hydrogens is 326 g/mol. The maximum atomic E-state index is 12.5. The van der Waals surface area contributed by atoms with Crippen LogP contribution >= 0.6 is 0 Å². The first-order valence-electron chi connectivity index (χ1n) is 9.02. The van der Waals surface area contributed by atoms with Crippen LogP contribution in [0.25, 0.3) is 0 Å². The number of fused-ring (bicyclic) bond motifs is 1. The third-order valence-electron chi connectivity index (χ3n) is 4.81. The lowest BCUT2D eigenvalue weighted by molar-refractivity contribution is -0.124. The molecule has 0 fully saturated rings. The maximum Gasteiger partial charge on any atom is 0.258 e. The summed E-state index contributed by atoms with van der Waals surface area (Å²) in [5, 5.41) is 3.11. The Balaban J connectivity index is 1.68. The van der Waals surface area contributed by atoms with Crippen molar-refractivity contribution in [1.82, 2.24) is 5.32 Å². The van der Waals surface area contributed by atoms with Gasteiger partial charge in [-0.2, -0.15) is 0 Å². The third kappa shape index (κ3) is 4.18. The van der Waals surface area contributed by atoms with Crippen molar-refractivity contribution in [2.24, 2.45) is 0 Å². The van der Waals surface area contributed by atoms with E-state index < -0.39 is 0 Å². The van der Waals surface area contributed by atoms with Crippen LogP contribution in [0.5, 0.6) is 11.5 Å². The summed E-state index contributed by atoms with van der Waals surface area (Å²) in [5.74, 6) is 1.43. The molecule has 2 aromatic carbocycles. The summed E-state index contributed by atoms with van der Waals surface area (Å²) in [7, 11) is 0. The predicted octanol–water partition coefficient (Wildman–Crippen LogP) is 4.41. The fourth-order valence-electron chi connectivity index (χ4n) is 3.29. The van der Waals surface area contributed by atoms with Crippen molar-refractivity contribution in [3.63, 3.8) is 0 Å². The van der Waals surface area contributed by atoms with Gasteiger partial charge in [0.2, 0.25) is 0 Å². The van der Waals surface area contributed by atoms with E-state index in [4.69, 9.17) is 9.47 Å². The van der Waals surface area contributed by atoms with Gasteiger partial charge in [0.25, 0.3) is 5.91 Å². The van der Waals surface area contributed by atoms with Gasteiger partial charge in [-0.15, -0.1) is 0 Å². The van der Waals surface area contributed by atoms with Crippen molar-refractivity contribution in [3.05, 3.63) is 58.7 Å². The van der Waals surface area contributed by atoms with Crippen LogP contribution in [0.1, 0.15) is 48.6 Å². The smallest absolute Gasteiger partial charge is 0.258 e. The number of rotatable bonds is 4. The van der Waals surface area contributed by atoms with E-state index in [1.807, 2.05) is 58.0 Å². The molecule has 0 spiro atoms. The number of aryl methyl sites for hydroxylation is 3. The van der Waals surface area contributed by atoms with Gasteiger partial charge in [0.1, 0.15) is 17.1 Å². The lowest BCUT2D eigenvalue weighted by atomic mass is 9.89. The number of amides is 1. The van der Waals surface area contributed by atoms with Crippen molar-refractivity contribution >= 4 is 5.91 Å². The molecule has 1 aliphatic rings. The van der Waals surface area contributed by atoms with Crippen molar-refractivity contribution in [2.45, 2.75) is 52.7 Å². The van der Waals surface area contributed by atoms with Crippen LogP contribution in [0.4, 0.5) is 0 Å². The Morgan fingerprint density at radius 1 is 1.15 bits per heavy atom. The molecule has 0 aromatic heterocycles. The van der Waals surface area contributed by atoms with E-state index in [0.29, 0.717) is 5.75 Å². The van der Waals surface area contributed by atoms with Gasteiger partial charge in [-0.3, -0.25) is 4.79 Å². The number of benzene rings is 2. The molecule has 4 nitrogen and oxygen atoms in total. The zero-order chi connectivity index (χ0) is 18.9. The number of hydrogen-bond acceptors (Lipinski definition) is 3. The minimum Gasteiger partial charge on any atom is -0.487 e. The molecule has 1 unspecified atom stereocenters. The van der Waals surface area contributed by atoms with E-state index in [2.05, 4.69) is 18.3 Å². The van der Waals surface area contributed by atoms with E-state index in [9.17, 15) is 4.79 Å². The summed E-state index contributed by atoms with van der Waals surface area (Å²) >= 11 is 0. The second-order valence-electron chi connectivity index (χ2n) is 7.76. The molecule has 0 aliphatic carbocycles. The summed E-state index contributed by atoms with van der Waals surface area (Å²) in [6, 6.07) is 11.9. The molecule has 3 rings (SSSR count). The number of hydrogen-bond donors (Lipinski definition) is 1. The maximum absolute atomic E-state index is 12.5. The van der Waals surface area contributed by atoms with Crippen LogP contribution in [0.3, 0.4) is 0 Å². The van der Waals surface area contributed by atoms with E-state index in [0.717, 1.165) is 28.9 Å². The summed E-state index contributed by atoms with van der Waals surface area (Å²) in [5.41, 5.74) is 4.22. The van der Waals surface area contributed by atoms with Crippen LogP contribution in [0.2, 0.25) is 0 Å². The van der Waals surface area contributed by atoms with Gasteiger partial charge in [0, 0.05) is 12.0 Å². The summed E-state index contributed by atoms with van der Waals surface area (Å²) in [6.07, 6.45) is 0.721. The molecule has 0 radical (unpaired) electrons. The number of carbonyl (C=O) groups excluding carboxylic acids is 1. The van der Waals surface area contributed by atoms with Gasteiger partial charge < -0.3 is 14.8 Å². The van der Waals surface area contributed by atoms with E-state index in [1.54, 1.807) is 0 Å². The Morgan fingerprint density at radius 2 is 1.92 bits per heavy atom. The summed E-state index contributed by atoms with van der Waals surface area (Å²) < 4.78 is 11.7. The Labute approximate surface area is 155 Å². The highest BCUT2D eigenvalue weighted by atomic mass is 16.5. The first kappa shape index (κ1) is 18.3. The van der Waals surface area contributed by atoms with Crippen molar-refractivity contribution in [2.75, 3.05) is 6.61 Å². The largest absolute Gasteiger partial charge is 0.487 e. The molecule has 1 amide bonds. The van der Waals surface area contributed by atoms with E-state index in [-0.39, 0.29) is 24.2 Å². The molecule has 26 heavy (non-hydrogen) atoms. The fourth-order valence-corrected chi connectivity index (χ4v) is 3.29. The molecule has 0 bridgehead atoms. The molecule has 0 saturated carbocycles. The van der Waals surface area contributed by atoms with Crippen LogP contribution < -0.4 is 14.8 Å². The monoisotopic (exact) mass is 353 g/mol. The quantitative estimate of drug-likeness (QED) is 0.886. The van der Waals surface area contributed by atoms with Gasteiger partial charge in [0.15, 0.2) is 6.61 Å². The average Bonchev–Trinajstić information content (AvgIpc) is 2.56. The fraction of sp³-hybridized carbons (Fsp3) is 0.409. The molecule has 0 saturated heterocycles. The van der Waals surface area contributed by atoms with E-state index >= 15 is 0 Å². The first-order chi connectivity index (χ1) is 12.2. The zero-order valence-electron chi connectivity index (χ0n) is 16.2. The average molecular weight is 353 g/mol. The predicted molar refractivity (Wildman–Crippen MR) is 103 cm³/mol. The number of nitrogens with one attached hydrogen (secondary N) is 1. The van der Waals surface area contributed by atoms with Gasteiger partial charge in [-0.05, 0) is 63.9 Å². The zero-order valence-corrected chi connectivity index (χ0v) is 16.2. The van der Waals surface area contributed by atoms with Crippen LogP contribution in [-0.4, -0.2) is 18.1 Å². The second kappa shape index (κ2) is 7.02. The Bertz CT molecular complexity index is 826. The highest BCUT2D eigenvalue weighted by molar-refractivity contribution is 5.78. The summed E-state index contributed by atoms with van der Waals surface area (Å²) in [4.78, 5) is 12.5. The second-order valence-corrected chi connectivity index (χ2v) is 7.76. The minimum atomic E-state index is -0.324. The van der Waals surface area contributed by atoms with Crippen molar-refractivity contribution in [3.8, 4) is 11.5 Å². The Morgan fingerprint density at radius 3 is 2.65 bits per heavy atom. The lowest BCUT2D eigenvalue weighted by Crippen LogP contribution is -2.42. The van der Waals surface area contributed by atoms with Gasteiger partial charge in [-0.25, -0.2) is 0 Å². The molecule has 4 heteroatoms. The van der Waals surface area contributed by atoms with E-state index in [1.165, 1.54) is 5.56 Å². The molecule has 2 aromatic rings. The summed E-state index contributed by atoms with van der Waals surface area (Å²) in [6.45, 7) is 10.2. The SMILES string of the molecule is Cc1ccc2c(c1)C(NC(=O)COc1ccc(C)c(C)c1)CC(C)(C)O2. The Kier molecular flexibility index (Phi) is 4.94. The first-order valence-corrected chi connectivity index (χ1v) is 9.02. The standard InChI is InChI=1S/C22H27NO3/c1-14-6-9-20-18(10-14)19(12-22(4,5)26-20)23-21(24)13-25-17-8-7-15(2)16(3)11-17/h6-11,19H,12-13H2,1-5H3,(H,23,24). The number of ether oxygens (including phenoxy) is 2. The normalized spacial score (nSPS) is 17.8. The number of carbonyl (C=O) groups is 1. The van der Waals surface area contributed by atoms with Gasteiger partial charge in [-0.1, -0.05) is 23.8 Å². The van der Waals surface area contributed by atoms with Crippen molar-refractivity contribution in [1.29, 1.82) is 0 Å². The van der Waals surface area contributed by atoms with Gasteiger partial charge in [0.05, 0.1) is 6.04 Å².